The molecular formula is C23H15BrF4N2O3. The second-order valence-corrected chi connectivity index (χ2v) is 8.65. The number of carbonyl (C=O) groups excluding carboxylic acids is 1. The summed E-state index contributed by atoms with van der Waals surface area (Å²) in [4.78, 5) is 18.1. The minimum atomic E-state index is -3.04. The molecule has 0 spiro atoms. The standard InChI is InChI=1S/C23H15BrF4N2O3/c24-12-6-16(25)15(17(26)7-12)10-30-9-11(5-20(30)31)13-1-2-18(33-23(27)28)22-21(13)14-3-4-29-8-19(14)32-22/h1-4,6-8,11,23H,5,9-10H2. The summed E-state index contributed by atoms with van der Waals surface area (Å²) in [6.07, 6.45) is 3.12. The summed E-state index contributed by atoms with van der Waals surface area (Å²) in [5.41, 5.74) is 1.02. The molecule has 5 rings (SSSR count). The van der Waals surface area contributed by atoms with Crippen molar-refractivity contribution in [1.82, 2.24) is 9.88 Å². The zero-order valence-electron chi connectivity index (χ0n) is 16.8. The molecule has 1 unspecified atom stereocenters. The van der Waals surface area contributed by atoms with Gasteiger partial charge in [0, 0.05) is 45.9 Å². The van der Waals surface area contributed by atoms with Gasteiger partial charge in [0.2, 0.25) is 5.91 Å². The quantitative estimate of drug-likeness (QED) is 0.295. The first kappa shape index (κ1) is 21.7. The van der Waals surface area contributed by atoms with Crippen molar-refractivity contribution in [2.75, 3.05) is 6.54 Å². The molecular weight excluding hydrogens is 508 g/mol. The van der Waals surface area contributed by atoms with Crippen molar-refractivity contribution in [3.8, 4) is 5.75 Å². The van der Waals surface area contributed by atoms with Crippen LogP contribution in [0, 0.1) is 11.6 Å². The first-order chi connectivity index (χ1) is 15.8. The molecule has 0 saturated carbocycles. The topological polar surface area (TPSA) is 55.6 Å². The Bertz CT molecular complexity index is 1370. The van der Waals surface area contributed by atoms with Crippen molar-refractivity contribution in [1.29, 1.82) is 0 Å². The lowest BCUT2D eigenvalue weighted by Crippen LogP contribution is -2.25. The summed E-state index contributed by atoms with van der Waals surface area (Å²) in [6.45, 7) is -3.05. The zero-order chi connectivity index (χ0) is 23.3. The van der Waals surface area contributed by atoms with Crippen LogP contribution in [0.25, 0.3) is 21.9 Å². The highest BCUT2D eigenvalue weighted by Crippen LogP contribution is 2.42. The molecule has 1 saturated heterocycles. The van der Waals surface area contributed by atoms with Crippen molar-refractivity contribution >= 4 is 43.8 Å². The maximum Gasteiger partial charge on any atom is 0.387 e. The summed E-state index contributed by atoms with van der Waals surface area (Å²) in [6, 6.07) is 6.98. The number of aromatic nitrogens is 1. The van der Waals surface area contributed by atoms with Crippen LogP contribution in [-0.4, -0.2) is 28.9 Å². The lowest BCUT2D eigenvalue weighted by molar-refractivity contribution is -0.128. The van der Waals surface area contributed by atoms with E-state index in [4.69, 9.17) is 4.42 Å². The fourth-order valence-corrected chi connectivity index (χ4v) is 4.71. The van der Waals surface area contributed by atoms with Crippen LogP contribution in [0.1, 0.15) is 23.5 Å². The number of ether oxygens (including phenoxy) is 1. The minimum absolute atomic E-state index is 0.0989. The summed E-state index contributed by atoms with van der Waals surface area (Å²) < 4.78 is 65.1. The monoisotopic (exact) mass is 522 g/mol. The molecule has 0 N–H and O–H groups in total. The number of likely N-dealkylation sites (tertiary alicyclic amines) is 1. The van der Waals surface area contributed by atoms with Crippen LogP contribution in [0.2, 0.25) is 0 Å². The highest BCUT2D eigenvalue weighted by atomic mass is 79.9. The first-order valence-corrected chi connectivity index (χ1v) is 10.8. The summed E-state index contributed by atoms with van der Waals surface area (Å²) in [5, 5.41) is 1.19. The minimum Gasteiger partial charge on any atom is -0.451 e. The van der Waals surface area contributed by atoms with Gasteiger partial charge in [-0.05, 0) is 29.8 Å². The van der Waals surface area contributed by atoms with Gasteiger partial charge in [0.15, 0.2) is 16.9 Å². The average Bonchev–Trinajstić information content (AvgIpc) is 3.32. The smallest absolute Gasteiger partial charge is 0.387 e. The summed E-state index contributed by atoms with van der Waals surface area (Å²) in [7, 11) is 0. The molecule has 10 heteroatoms. The van der Waals surface area contributed by atoms with Gasteiger partial charge in [-0.25, -0.2) is 8.78 Å². The number of hydrogen-bond donors (Lipinski definition) is 0. The van der Waals surface area contributed by atoms with Gasteiger partial charge in [0.1, 0.15) is 11.6 Å². The Kier molecular flexibility index (Phi) is 5.48. The normalized spacial score (nSPS) is 16.5. The van der Waals surface area contributed by atoms with Gasteiger partial charge in [0.25, 0.3) is 0 Å². The van der Waals surface area contributed by atoms with E-state index in [9.17, 15) is 22.4 Å². The largest absolute Gasteiger partial charge is 0.451 e. The van der Waals surface area contributed by atoms with Crippen molar-refractivity contribution in [3.63, 3.8) is 0 Å². The van der Waals surface area contributed by atoms with Crippen molar-refractivity contribution < 1.29 is 31.5 Å². The summed E-state index contributed by atoms with van der Waals surface area (Å²) in [5.74, 6) is -2.22. The zero-order valence-corrected chi connectivity index (χ0v) is 18.4. The Morgan fingerprint density at radius 1 is 1.21 bits per heavy atom. The fraction of sp³-hybridized carbons (Fsp3) is 0.217. The third-order valence-electron chi connectivity index (χ3n) is 5.74. The number of nitrogens with zero attached hydrogens (tertiary/aromatic N) is 2. The number of hydrogen-bond acceptors (Lipinski definition) is 4. The molecule has 1 fully saturated rings. The number of halogens is 5. The molecule has 0 aliphatic carbocycles. The number of pyridine rings is 1. The predicted molar refractivity (Wildman–Crippen MR) is 115 cm³/mol. The lowest BCUT2D eigenvalue weighted by atomic mass is 9.93. The number of furan rings is 1. The maximum atomic E-state index is 14.3. The van der Waals surface area contributed by atoms with E-state index >= 15 is 0 Å². The van der Waals surface area contributed by atoms with Crippen LogP contribution < -0.4 is 4.74 Å². The van der Waals surface area contributed by atoms with E-state index in [0.29, 0.717) is 21.9 Å². The summed E-state index contributed by atoms with van der Waals surface area (Å²) >= 11 is 3.04. The van der Waals surface area contributed by atoms with Crippen LogP contribution in [0.5, 0.6) is 5.75 Å². The second-order valence-electron chi connectivity index (χ2n) is 7.73. The molecule has 1 amide bonds. The number of carbonyl (C=O) groups is 1. The molecule has 170 valence electrons. The van der Waals surface area contributed by atoms with Gasteiger partial charge in [-0.1, -0.05) is 22.0 Å². The molecule has 2 aromatic carbocycles. The van der Waals surface area contributed by atoms with E-state index in [1.54, 1.807) is 18.3 Å². The van der Waals surface area contributed by atoms with Crippen molar-refractivity contribution in [3.05, 3.63) is 70.0 Å². The molecule has 0 bridgehead atoms. The van der Waals surface area contributed by atoms with E-state index in [-0.39, 0.29) is 52.7 Å². The Morgan fingerprint density at radius 3 is 2.70 bits per heavy atom. The van der Waals surface area contributed by atoms with Gasteiger partial charge in [-0.15, -0.1) is 0 Å². The average molecular weight is 523 g/mol. The van der Waals surface area contributed by atoms with Crippen molar-refractivity contribution in [2.24, 2.45) is 0 Å². The Morgan fingerprint density at radius 2 is 1.97 bits per heavy atom. The van der Waals surface area contributed by atoms with Gasteiger partial charge < -0.3 is 14.1 Å². The number of benzene rings is 2. The molecule has 5 nitrogen and oxygen atoms in total. The highest BCUT2D eigenvalue weighted by Gasteiger charge is 2.34. The van der Waals surface area contributed by atoms with Gasteiger partial charge in [-0.2, -0.15) is 8.78 Å². The van der Waals surface area contributed by atoms with E-state index < -0.39 is 18.2 Å². The SMILES string of the molecule is O=C1CC(c2ccc(OC(F)F)c3oc4cnccc4c23)CN1Cc1c(F)cc(Br)cc1F. The van der Waals surface area contributed by atoms with Crippen LogP contribution >= 0.6 is 15.9 Å². The molecule has 2 aromatic heterocycles. The highest BCUT2D eigenvalue weighted by molar-refractivity contribution is 9.10. The fourth-order valence-electron chi connectivity index (χ4n) is 4.31. The molecule has 3 heterocycles. The van der Waals surface area contributed by atoms with Crippen LogP contribution in [-0.2, 0) is 11.3 Å². The molecule has 1 aliphatic heterocycles. The number of fused-ring (bicyclic) bond motifs is 3. The Balaban J connectivity index is 1.53. The van der Waals surface area contributed by atoms with E-state index in [1.165, 1.54) is 17.2 Å². The lowest BCUT2D eigenvalue weighted by Gasteiger charge is -2.18. The molecule has 1 aliphatic rings. The number of amides is 1. The number of rotatable bonds is 5. The first-order valence-electron chi connectivity index (χ1n) is 9.97. The van der Waals surface area contributed by atoms with Crippen LogP contribution in [0.15, 0.2) is 51.6 Å². The van der Waals surface area contributed by atoms with Gasteiger partial charge >= 0.3 is 6.61 Å². The van der Waals surface area contributed by atoms with E-state index in [1.807, 2.05) is 0 Å². The molecule has 1 atom stereocenters. The third-order valence-corrected chi connectivity index (χ3v) is 6.20. The van der Waals surface area contributed by atoms with Gasteiger partial charge in [-0.3, -0.25) is 9.78 Å². The second kappa shape index (κ2) is 8.33. The maximum absolute atomic E-state index is 14.3. The number of alkyl halides is 2. The van der Waals surface area contributed by atoms with E-state index in [0.717, 1.165) is 12.1 Å². The third kappa shape index (κ3) is 3.92. The molecule has 0 radical (unpaired) electrons. The van der Waals surface area contributed by atoms with Crippen molar-refractivity contribution in [2.45, 2.75) is 25.5 Å². The molecule has 33 heavy (non-hydrogen) atoms. The van der Waals surface area contributed by atoms with Gasteiger partial charge in [0.05, 0.1) is 12.7 Å². The van der Waals surface area contributed by atoms with E-state index in [2.05, 4.69) is 25.7 Å². The Labute approximate surface area is 193 Å². The predicted octanol–water partition coefficient (Wildman–Crippen LogP) is 6.14. The Hall–Kier alpha value is -3.14. The van der Waals surface area contributed by atoms with Crippen LogP contribution in [0.3, 0.4) is 0 Å². The molecule has 4 aromatic rings. The van der Waals surface area contributed by atoms with Crippen LogP contribution in [0.4, 0.5) is 17.6 Å².